The van der Waals surface area contributed by atoms with Gasteiger partial charge >= 0.3 is 0 Å². The first kappa shape index (κ1) is 11.3. The van der Waals surface area contributed by atoms with Crippen molar-refractivity contribution < 1.29 is 0 Å². The molecule has 0 radical (unpaired) electrons. The fourth-order valence-electron chi connectivity index (χ4n) is 3.90. The lowest BCUT2D eigenvalue weighted by molar-refractivity contribution is 0.173. The summed E-state index contributed by atoms with van der Waals surface area (Å²) in [5, 5.41) is 0. The Morgan fingerprint density at radius 3 is 2.71 bits per heavy atom. The van der Waals surface area contributed by atoms with Crippen molar-refractivity contribution in [2.75, 3.05) is 6.54 Å². The summed E-state index contributed by atoms with van der Waals surface area (Å²) in [7, 11) is 0. The zero-order chi connectivity index (χ0) is 11.7. The lowest BCUT2D eigenvalue weighted by Crippen LogP contribution is -2.34. The van der Waals surface area contributed by atoms with E-state index in [1.54, 1.807) is 0 Å². The van der Waals surface area contributed by atoms with Crippen LogP contribution in [0.4, 0.5) is 0 Å². The van der Waals surface area contributed by atoms with E-state index in [-0.39, 0.29) is 0 Å². The maximum Gasteiger partial charge on any atom is 0.0236 e. The molecular formula is C16H23N. The van der Waals surface area contributed by atoms with E-state index in [0.717, 1.165) is 24.4 Å². The first-order valence-corrected chi connectivity index (χ1v) is 7.12. The predicted molar refractivity (Wildman–Crippen MR) is 71.8 cm³/mol. The Morgan fingerprint density at radius 2 is 1.88 bits per heavy atom. The van der Waals surface area contributed by atoms with Crippen LogP contribution < -0.4 is 0 Å². The molecule has 0 spiro atoms. The number of hydrogen-bond acceptors (Lipinski definition) is 1. The second-order valence-corrected chi connectivity index (χ2v) is 5.91. The number of likely N-dealkylation sites (tertiary alicyclic amines) is 1. The van der Waals surface area contributed by atoms with Gasteiger partial charge in [0.05, 0.1) is 0 Å². The van der Waals surface area contributed by atoms with Crippen molar-refractivity contribution in [1.82, 2.24) is 4.90 Å². The summed E-state index contributed by atoms with van der Waals surface area (Å²) >= 11 is 0. The summed E-state index contributed by atoms with van der Waals surface area (Å²) in [4.78, 5) is 2.74. The number of benzene rings is 1. The Balaban J connectivity index is 1.71. The molecule has 1 aliphatic carbocycles. The minimum atomic E-state index is 0.874. The van der Waals surface area contributed by atoms with Gasteiger partial charge in [0, 0.05) is 19.1 Å². The van der Waals surface area contributed by atoms with E-state index in [1.165, 1.54) is 37.8 Å². The predicted octanol–water partition coefficient (Wildman–Crippen LogP) is 3.70. The smallest absolute Gasteiger partial charge is 0.0236 e. The summed E-state index contributed by atoms with van der Waals surface area (Å²) in [5.41, 5.74) is 1.48. The minimum absolute atomic E-state index is 0.874. The lowest BCUT2D eigenvalue weighted by Gasteiger charge is -2.32. The molecule has 0 bridgehead atoms. The molecule has 1 saturated heterocycles. The highest BCUT2D eigenvalue weighted by molar-refractivity contribution is 5.15. The van der Waals surface area contributed by atoms with Gasteiger partial charge < -0.3 is 0 Å². The molecule has 2 fully saturated rings. The average Bonchev–Trinajstić information content (AvgIpc) is 2.69. The number of rotatable bonds is 2. The molecule has 1 aliphatic heterocycles. The van der Waals surface area contributed by atoms with E-state index in [2.05, 4.69) is 42.2 Å². The summed E-state index contributed by atoms with van der Waals surface area (Å²) in [6.07, 6.45) is 5.81. The van der Waals surface area contributed by atoms with Crippen molar-refractivity contribution in [3.63, 3.8) is 0 Å². The Bertz CT molecular complexity index is 359. The average molecular weight is 229 g/mol. The first-order chi connectivity index (χ1) is 8.34. The van der Waals surface area contributed by atoms with Gasteiger partial charge in [0.15, 0.2) is 0 Å². The van der Waals surface area contributed by atoms with E-state index in [4.69, 9.17) is 0 Å². The van der Waals surface area contributed by atoms with Crippen molar-refractivity contribution >= 4 is 0 Å². The third-order valence-electron chi connectivity index (χ3n) is 4.73. The van der Waals surface area contributed by atoms with Crippen LogP contribution >= 0.6 is 0 Å². The maximum atomic E-state index is 2.74. The summed E-state index contributed by atoms with van der Waals surface area (Å²) < 4.78 is 0. The molecule has 1 aromatic rings. The molecular weight excluding hydrogens is 206 g/mol. The van der Waals surface area contributed by atoms with Gasteiger partial charge in [-0.05, 0) is 30.2 Å². The van der Waals surface area contributed by atoms with Gasteiger partial charge in [-0.1, -0.05) is 50.1 Å². The molecule has 0 N–H and O–H groups in total. The van der Waals surface area contributed by atoms with Crippen molar-refractivity contribution in [3.8, 4) is 0 Å². The summed E-state index contributed by atoms with van der Waals surface area (Å²) in [6, 6.07) is 11.8. The van der Waals surface area contributed by atoms with E-state index < -0.39 is 0 Å². The molecule has 1 aromatic carbocycles. The molecule has 1 heteroatoms. The fraction of sp³-hybridized carbons (Fsp3) is 0.625. The van der Waals surface area contributed by atoms with Gasteiger partial charge in [-0.25, -0.2) is 0 Å². The minimum Gasteiger partial charge on any atom is -0.296 e. The summed E-state index contributed by atoms with van der Waals surface area (Å²) in [6.45, 7) is 4.92. The number of hydrogen-bond donors (Lipinski definition) is 0. The van der Waals surface area contributed by atoms with E-state index >= 15 is 0 Å². The van der Waals surface area contributed by atoms with Crippen LogP contribution in [0.3, 0.4) is 0 Å². The third-order valence-corrected chi connectivity index (χ3v) is 4.73. The van der Waals surface area contributed by atoms with Gasteiger partial charge in [-0.3, -0.25) is 4.90 Å². The molecule has 0 aromatic heterocycles. The Morgan fingerprint density at radius 1 is 1.12 bits per heavy atom. The van der Waals surface area contributed by atoms with Crippen LogP contribution in [0.2, 0.25) is 0 Å². The van der Waals surface area contributed by atoms with Crippen LogP contribution in [0.5, 0.6) is 0 Å². The fourth-order valence-corrected chi connectivity index (χ4v) is 3.90. The molecule has 1 heterocycles. The van der Waals surface area contributed by atoms with Gasteiger partial charge in [-0.15, -0.1) is 0 Å². The van der Waals surface area contributed by atoms with Crippen LogP contribution in [0, 0.1) is 11.8 Å². The molecule has 0 unspecified atom stereocenters. The molecule has 2 aliphatic rings. The van der Waals surface area contributed by atoms with Gasteiger partial charge in [0.2, 0.25) is 0 Å². The van der Waals surface area contributed by atoms with E-state index in [0.29, 0.717) is 0 Å². The summed E-state index contributed by atoms with van der Waals surface area (Å²) in [5.74, 6) is 1.89. The largest absolute Gasteiger partial charge is 0.296 e. The monoisotopic (exact) mass is 229 g/mol. The van der Waals surface area contributed by atoms with Gasteiger partial charge in [0.25, 0.3) is 0 Å². The number of fused-ring (bicyclic) bond motifs is 1. The molecule has 1 nitrogen and oxygen atoms in total. The standard InChI is InChI=1S/C16H23N/c1-13-11-17(12-14-7-3-2-4-8-14)16-10-6-5-9-15(13)16/h2-4,7-8,13,15-16H,5-6,9-12H2,1H3/t13-,15-,16-/m1/s1. The topological polar surface area (TPSA) is 3.24 Å². The number of nitrogens with zero attached hydrogens (tertiary/aromatic N) is 1. The maximum absolute atomic E-state index is 2.74. The third kappa shape index (κ3) is 2.26. The van der Waals surface area contributed by atoms with Crippen molar-refractivity contribution in [3.05, 3.63) is 35.9 Å². The Labute approximate surface area is 105 Å². The van der Waals surface area contributed by atoms with Crippen LogP contribution in [-0.2, 0) is 6.54 Å². The second kappa shape index (κ2) is 4.81. The van der Waals surface area contributed by atoms with Crippen molar-refractivity contribution in [2.24, 2.45) is 11.8 Å². The van der Waals surface area contributed by atoms with Gasteiger partial charge in [0.1, 0.15) is 0 Å². The van der Waals surface area contributed by atoms with Crippen LogP contribution in [-0.4, -0.2) is 17.5 Å². The lowest BCUT2D eigenvalue weighted by atomic mass is 9.80. The first-order valence-electron chi connectivity index (χ1n) is 7.12. The van der Waals surface area contributed by atoms with Crippen LogP contribution in [0.25, 0.3) is 0 Å². The molecule has 0 amide bonds. The van der Waals surface area contributed by atoms with Crippen molar-refractivity contribution in [2.45, 2.75) is 45.2 Å². The molecule has 3 rings (SSSR count). The normalized spacial score (nSPS) is 33.6. The zero-order valence-electron chi connectivity index (χ0n) is 10.8. The highest BCUT2D eigenvalue weighted by Gasteiger charge is 2.39. The zero-order valence-corrected chi connectivity index (χ0v) is 10.8. The molecule has 17 heavy (non-hydrogen) atoms. The second-order valence-electron chi connectivity index (χ2n) is 5.91. The molecule has 92 valence electrons. The van der Waals surface area contributed by atoms with Gasteiger partial charge in [-0.2, -0.15) is 0 Å². The Kier molecular flexibility index (Phi) is 3.19. The van der Waals surface area contributed by atoms with Crippen molar-refractivity contribution in [1.29, 1.82) is 0 Å². The highest BCUT2D eigenvalue weighted by atomic mass is 15.2. The highest BCUT2D eigenvalue weighted by Crippen LogP contribution is 2.40. The van der Waals surface area contributed by atoms with Crippen LogP contribution in [0.1, 0.15) is 38.2 Å². The SMILES string of the molecule is C[C@@H]1CN(Cc2ccccc2)[C@@H]2CCCC[C@H]12. The Hall–Kier alpha value is -0.820. The van der Waals surface area contributed by atoms with E-state index in [9.17, 15) is 0 Å². The quantitative estimate of drug-likeness (QED) is 0.747. The molecule has 3 atom stereocenters. The molecule has 1 saturated carbocycles. The van der Waals surface area contributed by atoms with Crippen LogP contribution in [0.15, 0.2) is 30.3 Å². The van der Waals surface area contributed by atoms with E-state index in [1.807, 2.05) is 0 Å².